The van der Waals surface area contributed by atoms with Gasteiger partial charge in [0.1, 0.15) is 17.3 Å². The number of hydrogen-bond acceptors (Lipinski definition) is 6. The van der Waals surface area contributed by atoms with Crippen LogP contribution in [0.15, 0.2) is 39.2 Å². The number of carbonyl (C=O) groups excluding carboxylic acids is 1. The van der Waals surface area contributed by atoms with Crippen LogP contribution in [-0.2, 0) is 0 Å². The number of hydrogen-bond donors (Lipinski definition) is 1. The lowest BCUT2D eigenvalue weighted by Crippen LogP contribution is -2.12. The normalized spacial score (nSPS) is 10.7. The second kappa shape index (κ2) is 7.86. The molecule has 0 saturated heterocycles. The van der Waals surface area contributed by atoms with Gasteiger partial charge in [0.2, 0.25) is 0 Å². The largest absolute Gasteiger partial charge is 0.494 e. The summed E-state index contributed by atoms with van der Waals surface area (Å²) >= 11 is 0. The molecule has 1 amide bonds. The molecule has 2 aromatic heterocycles. The summed E-state index contributed by atoms with van der Waals surface area (Å²) in [6.07, 6.45) is 2.07. The summed E-state index contributed by atoms with van der Waals surface area (Å²) in [7, 11) is 0. The van der Waals surface area contributed by atoms with Crippen LogP contribution in [0.2, 0.25) is 0 Å². The Hall–Kier alpha value is -3.09. The van der Waals surface area contributed by atoms with E-state index < -0.39 is 0 Å². The minimum Gasteiger partial charge on any atom is -0.494 e. The summed E-state index contributed by atoms with van der Waals surface area (Å²) in [6, 6.07) is 8.76. The second-order valence-corrected chi connectivity index (χ2v) is 5.92. The number of carbonyl (C=O) groups is 1. The van der Waals surface area contributed by atoms with E-state index in [9.17, 15) is 4.79 Å². The number of unbranched alkanes of at least 4 members (excludes halogenated alkanes) is 1. The van der Waals surface area contributed by atoms with Gasteiger partial charge in [-0.25, -0.2) is 0 Å². The maximum absolute atomic E-state index is 12.3. The molecule has 0 atom stereocenters. The first-order chi connectivity index (χ1) is 12.6. The molecule has 0 radical (unpaired) electrons. The molecule has 0 spiro atoms. The van der Waals surface area contributed by atoms with Crippen LogP contribution in [0.5, 0.6) is 5.75 Å². The van der Waals surface area contributed by atoms with Gasteiger partial charge in [0.25, 0.3) is 11.8 Å². The monoisotopic (exact) mass is 355 g/mol. The number of nitrogens with zero attached hydrogens (tertiary/aromatic N) is 2. The van der Waals surface area contributed by atoms with E-state index in [-0.39, 0.29) is 11.9 Å². The molecule has 0 bridgehead atoms. The Labute approximate surface area is 151 Å². The molecular weight excluding hydrogens is 334 g/mol. The third-order valence-corrected chi connectivity index (χ3v) is 3.80. The Bertz CT molecular complexity index is 881. The first kappa shape index (κ1) is 17.7. The summed E-state index contributed by atoms with van der Waals surface area (Å²) in [5.74, 6) is 2.14. The Kier molecular flexibility index (Phi) is 5.36. The molecule has 0 aliphatic carbocycles. The third-order valence-electron chi connectivity index (χ3n) is 3.80. The van der Waals surface area contributed by atoms with Crippen molar-refractivity contribution in [2.75, 3.05) is 11.9 Å². The van der Waals surface area contributed by atoms with E-state index in [1.807, 2.05) is 19.9 Å². The molecule has 136 valence electrons. The van der Waals surface area contributed by atoms with Gasteiger partial charge in [-0.15, -0.1) is 5.10 Å². The Morgan fingerprint density at radius 2 is 1.92 bits per heavy atom. The molecule has 0 fully saturated rings. The highest BCUT2D eigenvalue weighted by Crippen LogP contribution is 2.26. The molecule has 0 unspecified atom stereocenters. The Morgan fingerprint density at radius 3 is 2.58 bits per heavy atom. The smallest absolute Gasteiger partial charge is 0.322 e. The third kappa shape index (κ3) is 4.11. The number of anilines is 1. The van der Waals surface area contributed by atoms with Gasteiger partial charge in [-0.1, -0.05) is 18.4 Å². The highest BCUT2D eigenvalue weighted by atomic mass is 16.5. The SMILES string of the molecule is CCCCOc1ccc(C(=O)Nc2nnc(-c3cc(C)oc3C)o2)cc1. The molecular formula is C19H21N3O4. The van der Waals surface area contributed by atoms with Crippen molar-refractivity contribution < 1.29 is 18.4 Å². The van der Waals surface area contributed by atoms with Crippen LogP contribution >= 0.6 is 0 Å². The van der Waals surface area contributed by atoms with Gasteiger partial charge in [0, 0.05) is 5.56 Å². The molecule has 1 N–H and O–H groups in total. The molecule has 26 heavy (non-hydrogen) atoms. The van der Waals surface area contributed by atoms with Gasteiger partial charge < -0.3 is 13.6 Å². The van der Waals surface area contributed by atoms with Crippen molar-refractivity contribution in [3.8, 4) is 17.2 Å². The summed E-state index contributed by atoms with van der Waals surface area (Å²) in [6.45, 7) is 6.43. The van der Waals surface area contributed by atoms with Crippen molar-refractivity contribution in [2.45, 2.75) is 33.6 Å². The van der Waals surface area contributed by atoms with Gasteiger partial charge in [-0.3, -0.25) is 10.1 Å². The standard InChI is InChI=1S/C19H21N3O4/c1-4-5-10-24-15-8-6-14(7-9-15)17(23)20-19-22-21-18(26-19)16-11-12(2)25-13(16)3/h6-9,11H,4-5,10H2,1-3H3,(H,20,22,23). The minimum atomic E-state index is -0.333. The van der Waals surface area contributed by atoms with Crippen LogP contribution in [0.4, 0.5) is 6.01 Å². The number of benzene rings is 1. The van der Waals surface area contributed by atoms with Crippen LogP contribution in [0, 0.1) is 13.8 Å². The number of furan rings is 1. The first-order valence-corrected chi connectivity index (χ1v) is 8.52. The van der Waals surface area contributed by atoms with Crippen molar-refractivity contribution in [2.24, 2.45) is 0 Å². The molecule has 3 aromatic rings. The maximum atomic E-state index is 12.3. The summed E-state index contributed by atoms with van der Waals surface area (Å²) in [5.41, 5.74) is 1.19. The van der Waals surface area contributed by atoms with Gasteiger partial charge in [-0.05, 0) is 50.6 Å². The molecule has 0 aliphatic heterocycles. The zero-order chi connectivity index (χ0) is 18.5. The average Bonchev–Trinajstić information content (AvgIpc) is 3.21. The van der Waals surface area contributed by atoms with Crippen LogP contribution in [0.1, 0.15) is 41.6 Å². The van der Waals surface area contributed by atoms with E-state index in [0.717, 1.165) is 24.4 Å². The van der Waals surface area contributed by atoms with Crippen molar-refractivity contribution in [1.82, 2.24) is 10.2 Å². The number of aryl methyl sites for hydroxylation is 2. The first-order valence-electron chi connectivity index (χ1n) is 8.52. The highest BCUT2D eigenvalue weighted by Gasteiger charge is 2.16. The number of ether oxygens (including phenoxy) is 1. The average molecular weight is 355 g/mol. The van der Waals surface area contributed by atoms with Crippen LogP contribution < -0.4 is 10.1 Å². The number of rotatable bonds is 7. The van der Waals surface area contributed by atoms with E-state index in [0.29, 0.717) is 29.4 Å². The fourth-order valence-corrected chi connectivity index (χ4v) is 2.43. The van der Waals surface area contributed by atoms with Crippen molar-refractivity contribution in [3.63, 3.8) is 0 Å². The van der Waals surface area contributed by atoms with E-state index in [1.54, 1.807) is 24.3 Å². The zero-order valence-corrected chi connectivity index (χ0v) is 15.0. The van der Waals surface area contributed by atoms with Crippen LogP contribution in [0.25, 0.3) is 11.5 Å². The van der Waals surface area contributed by atoms with Gasteiger partial charge in [-0.2, -0.15) is 0 Å². The lowest BCUT2D eigenvalue weighted by Gasteiger charge is -2.06. The molecule has 0 saturated carbocycles. The molecule has 3 rings (SSSR count). The molecule has 7 heteroatoms. The minimum absolute atomic E-state index is 0.0338. The van der Waals surface area contributed by atoms with Gasteiger partial charge >= 0.3 is 6.01 Å². The lowest BCUT2D eigenvalue weighted by molar-refractivity contribution is 0.102. The van der Waals surface area contributed by atoms with E-state index >= 15 is 0 Å². The summed E-state index contributed by atoms with van der Waals surface area (Å²) in [5, 5.41) is 10.4. The number of aromatic nitrogens is 2. The molecule has 7 nitrogen and oxygen atoms in total. The fourth-order valence-electron chi connectivity index (χ4n) is 2.43. The number of nitrogens with one attached hydrogen (secondary N) is 1. The summed E-state index contributed by atoms with van der Waals surface area (Å²) in [4.78, 5) is 12.3. The van der Waals surface area contributed by atoms with E-state index in [2.05, 4.69) is 22.4 Å². The molecule has 2 heterocycles. The number of amides is 1. The zero-order valence-electron chi connectivity index (χ0n) is 15.0. The van der Waals surface area contributed by atoms with E-state index in [4.69, 9.17) is 13.6 Å². The van der Waals surface area contributed by atoms with Crippen LogP contribution in [-0.4, -0.2) is 22.7 Å². The lowest BCUT2D eigenvalue weighted by atomic mass is 10.2. The van der Waals surface area contributed by atoms with Crippen molar-refractivity contribution in [1.29, 1.82) is 0 Å². The second-order valence-electron chi connectivity index (χ2n) is 5.92. The highest BCUT2D eigenvalue weighted by molar-refractivity contribution is 6.03. The van der Waals surface area contributed by atoms with Gasteiger partial charge in [0.05, 0.1) is 12.2 Å². The predicted octanol–water partition coefficient (Wildman–Crippen LogP) is 4.38. The predicted molar refractivity (Wildman–Crippen MR) is 96.3 cm³/mol. The van der Waals surface area contributed by atoms with Crippen LogP contribution in [0.3, 0.4) is 0 Å². The van der Waals surface area contributed by atoms with Crippen molar-refractivity contribution >= 4 is 11.9 Å². The summed E-state index contributed by atoms with van der Waals surface area (Å²) < 4.78 is 16.5. The Morgan fingerprint density at radius 1 is 1.15 bits per heavy atom. The Balaban J connectivity index is 1.64. The fraction of sp³-hybridized carbons (Fsp3) is 0.316. The molecule has 0 aliphatic rings. The quantitative estimate of drug-likeness (QED) is 0.633. The van der Waals surface area contributed by atoms with E-state index in [1.165, 1.54) is 0 Å². The van der Waals surface area contributed by atoms with Crippen molar-refractivity contribution in [3.05, 3.63) is 47.4 Å². The van der Waals surface area contributed by atoms with Gasteiger partial charge in [0.15, 0.2) is 0 Å². The topological polar surface area (TPSA) is 90.4 Å². The molecule has 1 aromatic carbocycles. The maximum Gasteiger partial charge on any atom is 0.322 e.